The van der Waals surface area contributed by atoms with Crippen molar-refractivity contribution >= 4 is 29.6 Å². The van der Waals surface area contributed by atoms with E-state index in [1.54, 1.807) is 12.1 Å². The van der Waals surface area contributed by atoms with E-state index in [2.05, 4.69) is 20.6 Å². The molecule has 5 aliphatic rings. The van der Waals surface area contributed by atoms with Gasteiger partial charge in [0.05, 0.1) is 18.2 Å². The predicted octanol–water partition coefficient (Wildman–Crippen LogP) is -3.66. The summed E-state index contributed by atoms with van der Waals surface area (Å²) in [7, 11) is 0. The lowest BCUT2D eigenvalue weighted by Gasteiger charge is -2.49. The molecule has 1 spiro atoms. The molecule has 0 aliphatic carbocycles. The van der Waals surface area contributed by atoms with Crippen molar-refractivity contribution in [3.05, 3.63) is 23.8 Å². The average Bonchev–Trinajstić information content (AvgIpc) is 3.57. The van der Waals surface area contributed by atoms with E-state index in [9.17, 15) is 24.6 Å². The molecule has 0 saturated carbocycles. The Kier molecular flexibility index (Phi) is 4.62. The van der Waals surface area contributed by atoms with Crippen LogP contribution in [0.3, 0.4) is 0 Å². The van der Waals surface area contributed by atoms with Crippen molar-refractivity contribution in [2.45, 2.75) is 42.4 Å². The molecule has 1 aromatic carbocycles. The molecule has 3 amide bonds. The fraction of sp³-hybridized carbons (Fsp3) is 0.476. The quantitative estimate of drug-likeness (QED) is 0.175. The second kappa shape index (κ2) is 7.44. The van der Waals surface area contributed by atoms with Crippen molar-refractivity contribution in [2.24, 2.45) is 21.5 Å². The van der Waals surface area contributed by atoms with E-state index >= 15 is 0 Å². The normalized spacial score (nSPS) is 31.6. The van der Waals surface area contributed by atoms with Crippen LogP contribution in [0.5, 0.6) is 11.5 Å². The Hall–Kier alpha value is -4.11. The molecule has 190 valence electrons. The molecule has 6 rings (SSSR count). The summed E-state index contributed by atoms with van der Waals surface area (Å²) in [5.41, 5.74) is 10.5. The van der Waals surface area contributed by atoms with E-state index in [0.29, 0.717) is 5.75 Å². The number of benzene rings is 1. The van der Waals surface area contributed by atoms with Crippen LogP contribution < -0.4 is 31.6 Å². The summed E-state index contributed by atoms with van der Waals surface area (Å²) < 4.78 is 10.7. The lowest BCUT2D eigenvalue weighted by molar-refractivity contribution is -0.230. The first kappa shape index (κ1) is 22.4. The standard InChI is InChI=1S/C21H24N8O7/c22-18-26-16-10(6-28-13(30)4-5-14(28)31)24-19(23)29-7-12(21(33,34)20(16,29)27-18)25-17(32)9-2-1-3-11-15(9)36-8-35-11/h1-3,10,12,16,33-34H,4-8H2,(H2,23,24)(H,25,32)(H3,22,26,27). The number of nitrogens with two attached hydrogens (primary N) is 2. The maximum Gasteiger partial charge on any atom is 0.255 e. The Balaban J connectivity index is 1.32. The van der Waals surface area contributed by atoms with E-state index in [1.165, 1.54) is 11.0 Å². The number of rotatable bonds is 4. The number of hydrogen-bond acceptors (Lipinski definition) is 13. The maximum absolute atomic E-state index is 13.2. The molecule has 0 aromatic heterocycles. The molecule has 4 unspecified atom stereocenters. The van der Waals surface area contributed by atoms with Gasteiger partial charge in [0.25, 0.3) is 5.91 Å². The lowest BCUT2D eigenvalue weighted by atomic mass is 9.84. The number of carbonyl (C=O) groups is 3. The zero-order chi connectivity index (χ0) is 25.4. The number of para-hydroxylation sites is 1. The molecule has 15 nitrogen and oxygen atoms in total. The minimum absolute atomic E-state index is 0.0392. The number of guanidine groups is 2. The Morgan fingerprint density at radius 2 is 1.94 bits per heavy atom. The van der Waals surface area contributed by atoms with Crippen molar-refractivity contribution in [2.75, 3.05) is 19.9 Å². The van der Waals surface area contributed by atoms with Gasteiger partial charge >= 0.3 is 0 Å². The summed E-state index contributed by atoms with van der Waals surface area (Å²) in [6, 6.07) is 1.56. The highest BCUT2D eigenvalue weighted by molar-refractivity contribution is 6.02. The van der Waals surface area contributed by atoms with Gasteiger partial charge in [-0.3, -0.25) is 19.3 Å². The highest BCUT2D eigenvalue weighted by Gasteiger charge is 2.73. The number of likely N-dealkylation sites (tertiary alicyclic amines) is 1. The van der Waals surface area contributed by atoms with Crippen LogP contribution in [0.15, 0.2) is 28.2 Å². The second-order valence-electron chi connectivity index (χ2n) is 9.21. The highest BCUT2D eigenvalue weighted by Crippen LogP contribution is 2.45. The van der Waals surface area contributed by atoms with E-state index in [1.807, 2.05) is 0 Å². The molecule has 8 N–H and O–H groups in total. The molecule has 1 aromatic rings. The van der Waals surface area contributed by atoms with Crippen molar-refractivity contribution < 1.29 is 34.1 Å². The number of nitrogens with zero attached hydrogens (tertiary/aromatic N) is 4. The minimum Gasteiger partial charge on any atom is -0.454 e. The second-order valence-corrected chi connectivity index (χ2v) is 9.21. The maximum atomic E-state index is 13.2. The van der Waals surface area contributed by atoms with E-state index in [4.69, 9.17) is 20.9 Å². The number of carbonyl (C=O) groups excluding carboxylic acids is 3. The molecule has 4 atom stereocenters. The van der Waals surface area contributed by atoms with Gasteiger partial charge in [-0.2, -0.15) is 0 Å². The molecule has 2 saturated heterocycles. The third-order valence-corrected chi connectivity index (χ3v) is 7.27. The van der Waals surface area contributed by atoms with Gasteiger partial charge in [-0.1, -0.05) is 6.07 Å². The largest absolute Gasteiger partial charge is 0.454 e. The molecular formula is C21H24N8O7. The summed E-state index contributed by atoms with van der Waals surface area (Å²) in [5, 5.41) is 28.5. The zero-order valence-corrected chi connectivity index (χ0v) is 18.9. The SMILES string of the molecule is NC1=NC2C(CN3C(=O)CCC3=O)N=C(N)N3CC(NC(=O)c4cccc5c4OCO5)C(O)(O)C23N1. The van der Waals surface area contributed by atoms with Gasteiger partial charge in [0.15, 0.2) is 29.1 Å². The summed E-state index contributed by atoms with van der Waals surface area (Å²) >= 11 is 0. The minimum atomic E-state index is -2.66. The van der Waals surface area contributed by atoms with Crippen LogP contribution >= 0.6 is 0 Å². The number of ether oxygens (including phenoxy) is 2. The van der Waals surface area contributed by atoms with Crippen molar-refractivity contribution in [3.8, 4) is 11.5 Å². The summed E-state index contributed by atoms with van der Waals surface area (Å²) in [6.45, 7) is -0.346. The van der Waals surface area contributed by atoms with Crippen LogP contribution in [0.25, 0.3) is 0 Å². The van der Waals surface area contributed by atoms with Crippen LogP contribution in [-0.2, 0) is 9.59 Å². The van der Waals surface area contributed by atoms with Crippen LogP contribution in [0.1, 0.15) is 23.2 Å². The Labute approximate surface area is 203 Å². The van der Waals surface area contributed by atoms with E-state index < -0.39 is 35.5 Å². The predicted molar refractivity (Wildman–Crippen MR) is 120 cm³/mol. The van der Waals surface area contributed by atoms with E-state index in [0.717, 1.165) is 4.90 Å². The highest BCUT2D eigenvalue weighted by atomic mass is 16.7. The van der Waals surface area contributed by atoms with Gasteiger partial charge in [0.1, 0.15) is 12.1 Å². The van der Waals surface area contributed by atoms with Gasteiger partial charge in [-0.15, -0.1) is 0 Å². The number of amides is 3. The van der Waals surface area contributed by atoms with Crippen LogP contribution in [-0.4, -0.2) is 99.1 Å². The molecular weight excluding hydrogens is 476 g/mol. The fourth-order valence-corrected chi connectivity index (χ4v) is 5.59. The summed E-state index contributed by atoms with van der Waals surface area (Å²) in [6.07, 6.45) is 0.179. The van der Waals surface area contributed by atoms with Crippen LogP contribution in [0.4, 0.5) is 0 Å². The third kappa shape index (κ3) is 2.89. The number of aliphatic imine (C=N–C) groups is 2. The van der Waals surface area contributed by atoms with Crippen LogP contribution in [0.2, 0.25) is 0 Å². The number of nitrogens with one attached hydrogen (secondary N) is 2. The summed E-state index contributed by atoms with van der Waals surface area (Å²) in [5.74, 6) is -3.56. The van der Waals surface area contributed by atoms with Gasteiger partial charge in [-0.25, -0.2) is 9.98 Å². The zero-order valence-electron chi connectivity index (χ0n) is 18.9. The Morgan fingerprint density at radius 1 is 1.19 bits per heavy atom. The average molecular weight is 500 g/mol. The van der Waals surface area contributed by atoms with Crippen LogP contribution in [0, 0.1) is 0 Å². The molecule has 0 radical (unpaired) electrons. The van der Waals surface area contributed by atoms with E-state index in [-0.39, 0.29) is 67.8 Å². The topological polar surface area (TPSA) is 217 Å². The Bertz CT molecular complexity index is 1230. The Morgan fingerprint density at radius 3 is 2.69 bits per heavy atom. The molecule has 5 aliphatic heterocycles. The number of hydrogen-bond donors (Lipinski definition) is 6. The number of fused-ring (bicyclic) bond motifs is 1. The summed E-state index contributed by atoms with van der Waals surface area (Å²) in [4.78, 5) is 48.8. The van der Waals surface area contributed by atoms with Crippen molar-refractivity contribution in [1.29, 1.82) is 0 Å². The first-order valence-electron chi connectivity index (χ1n) is 11.3. The van der Waals surface area contributed by atoms with Gasteiger partial charge in [0.2, 0.25) is 24.4 Å². The molecule has 2 fully saturated rings. The third-order valence-electron chi connectivity index (χ3n) is 7.27. The molecule has 5 heterocycles. The smallest absolute Gasteiger partial charge is 0.255 e. The first-order chi connectivity index (χ1) is 17.1. The van der Waals surface area contributed by atoms with Gasteiger partial charge < -0.3 is 46.7 Å². The lowest BCUT2D eigenvalue weighted by Crippen LogP contribution is -2.78. The van der Waals surface area contributed by atoms with Crippen molar-refractivity contribution in [1.82, 2.24) is 20.4 Å². The van der Waals surface area contributed by atoms with Gasteiger partial charge in [0, 0.05) is 19.4 Å². The molecule has 36 heavy (non-hydrogen) atoms. The number of imide groups is 1. The monoisotopic (exact) mass is 500 g/mol. The molecule has 15 heteroatoms. The van der Waals surface area contributed by atoms with Crippen molar-refractivity contribution in [3.63, 3.8) is 0 Å². The molecule has 0 bridgehead atoms. The fourth-order valence-electron chi connectivity index (χ4n) is 5.59. The first-order valence-corrected chi connectivity index (χ1v) is 11.3. The number of aliphatic hydroxyl groups is 2. The van der Waals surface area contributed by atoms with Gasteiger partial charge in [-0.05, 0) is 12.1 Å².